The van der Waals surface area contributed by atoms with Crippen LogP contribution in [-0.2, 0) is 0 Å². The van der Waals surface area contributed by atoms with Crippen LogP contribution < -0.4 is 4.74 Å². The predicted octanol–water partition coefficient (Wildman–Crippen LogP) is 3.09. The highest BCUT2D eigenvalue weighted by Crippen LogP contribution is 2.24. The van der Waals surface area contributed by atoms with Gasteiger partial charge in [-0.05, 0) is 31.2 Å². The summed E-state index contributed by atoms with van der Waals surface area (Å²) < 4.78 is 5.56. The molecule has 0 aliphatic rings. The number of hydrogen-bond donors (Lipinski definition) is 0. The van der Waals surface area contributed by atoms with Gasteiger partial charge in [0, 0.05) is 18.3 Å². The lowest BCUT2D eigenvalue weighted by molar-refractivity contribution is -0.384. The molecule has 17 heavy (non-hydrogen) atoms. The van der Waals surface area contributed by atoms with Crippen LogP contribution >= 0.6 is 0 Å². The second kappa shape index (κ2) is 4.61. The van der Waals surface area contributed by atoms with Crippen LogP contribution in [0.1, 0.15) is 5.69 Å². The quantitative estimate of drug-likeness (QED) is 0.600. The fourth-order valence-corrected chi connectivity index (χ4v) is 1.34. The number of aryl methyl sites for hydroxylation is 1. The van der Waals surface area contributed by atoms with Crippen LogP contribution in [-0.4, -0.2) is 9.91 Å². The Morgan fingerprint density at radius 1 is 1.24 bits per heavy atom. The van der Waals surface area contributed by atoms with Crippen molar-refractivity contribution in [1.82, 2.24) is 4.98 Å². The Hall–Kier alpha value is -2.43. The molecular formula is C12H10N2O3. The first-order valence-electron chi connectivity index (χ1n) is 5.01. The van der Waals surface area contributed by atoms with Crippen LogP contribution in [0.4, 0.5) is 5.69 Å². The lowest BCUT2D eigenvalue weighted by Gasteiger charge is -2.06. The van der Waals surface area contributed by atoms with Crippen LogP contribution in [0.5, 0.6) is 11.5 Å². The second-order valence-electron chi connectivity index (χ2n) is 3.44. The van der Waals surface area contributed by atoms with Crippen LogP contribution in [0.15, 0.2) is 42.6 Å². The van der Waals surface area contributed by atoms with E-state index >= 15 is 0 Å². The normalized spacial score (nSPS) is 9.94. The van der Waals surface area contributed by atoms with Crippen molar-refractivity contribution in [2.75, 3.05) is 0 Å². The average molecular weight is 230 g/mol. The number of rotatable bonds is 3. The largest absolute Gasteiger partial charge is 0.455 e. The van der Waals surface area contributed by atoms with Crippen LogP contribution in [0, 0.1) is 17.0 Å². The van der Waals surface area contributed by atoms with Crippen molar-refractivity contribution in [3.63, 3.8) is 0 Å². The first-order valence-corrected chi connectivity index (χ1v) is 5.01. The van der Waals surface area contributed by atoms with Gasteiger partial charge in [-0.2, -0.15) is 0 Å². The summed E-state index contributed by atoms with van der Waals surface area (Å²) in [7, 11) is 0. The van der Waals surface area contributed by atoms with Crippen molar-refractivity contribution in [2.45, 2.75) is 6.92 Å². The average Bonchev–Trinajstić information content (AvgIpc) is 2.33. The second-order valence-corrected chi connectivity index (χ2v) is 3.44. The zero-order chi connectivity index (χ0) is 12.3. The molecule has 1 heterocycles. The Morgan fingerprint density at radius 3 is 2.53 bits per heavy atom. The van der Waals surface area contributed by atoms with E-state index in [0.29, 0.717) is 11.5 Å². The molecule has 0 saturated heterocycles. The third kappa shape index (κ3) is 2.57. The van der Waals surface area contributed by atoms with Crippen molar-refractivity contribution in [1.29, 1.82) is 0 Å². The molecule has 0 saturated carbocycles. The number of nitro benzene ring substituents is 1. The molecule has 0 atom stereocenters. The molecule has 0 bridgehead atoms. The number of non-ortho nitro benzene ring substituents is 1. The molecule has 0 aliphatic carbocycles. The van der Waals surface area contributed by atoms with Gasteiger partial charge >= 0.3 is 0 Å². The minimum atomic E-state index is -0.445. The summed E-state index contributed by atoms with van der Waals surface area (Å²) in [5.41, 5.74) is 0.811. The smallest absolute Gasteiger partial charge is 0.269 e. The molecule has 0 spiro atoms. The molecule has 86 valence electrons. The Bertz CT molecular complexity index is 538. The molecule has 1 aromatic heterocycles. The Morgan fingerprint density at radius 2 is 1.94 bits per heavy atom. The first kappa shape index (κ1) is 11.1. The van der Waals surface area contributed by atoms with Crippen molar-refractivity contribution < 1.29 is 9.66 Å². The Balaban J connectivity index is 2.20. The summed E-state index contributed by atoms with van der Waals surface area (Å²) in [6.07, 6.45) is 1.68. The molecule has 0 unspecified atom stereocenters. The SMILES string of the molecule is Cc1ncccc1Oc1ccc([N+](=O)[O-])cc1. The highest BCUT2D eigenvalue weighted by molar-refractivity contribution is 5.39. The molecule has 2 aromatic rings. The van der Waals surface area contributed by atoms with E-state index in [2.05, 4.69) is 4.98 Å². The number of hydrogen-bond acceptors (Lipinski definition) is 4. The number of ether oxygens (including phenoxy) is 1. The van der Waals surface area contributed by atoms with Crippen molar-refractivity contribution in [3.8, 4) is 11.5 Å². The molecule has 0 N–H and O–H groups in total. The highest BCUT2D eigenvalue weighted by Gasteiger charge is 2.06. The van der Waals surface area contributed by atoms with E-state index in [-0.39, 0.29) is 5.69 Å². The molecule has 0 amide bonds. The number of nitro groups is 1. The number of benzene rings is 1. The maximum absolute atomic E-state index is 10.5. The summed E-state index contributed by atoms with van der Waals surface area (Å²) in [4.78, 5) is 14.1. The fourth-order valence-electron chi connectivity index (χ4n) is 1.34. The van der Waals surface area contributed by atoms with Crippen molar-refractivity contribution >= 4 is 5.69 Å². The van der Waals surface area contributed by atoms with E-state index in [9.17, 15) is 10.1 Å². The van der Waals surface area contributed by atoms with Crippen LogP contribution in [0.3, 0.4) is 0 Å². The van der Waals surface area contributed by atoms with Crippen LogP contribution in [0.25, 0.3) is 0 Å². The zero-order valence-corrected chi connectivity index (χ0v) is 9.16. The first-order chi connectivity index (χ1) is 8.16. The van der Waals surface area contributed by atoms with E-state index in [1.165, 1.54) is 12.1 Å². The minimum absolute atomic E-state index is 0.0419. The third-order valence-corrected chi connectivity index (χ3v) is 2.23. The number of pyridine rings is 1. The van der Waals surface area contributed by atoms with Gasteiger partial charge in [0.1, 0.15) is 11.5 Å². The van der Waals surface area contributed by atoms with Gasteiger partial charge in [-0.3, -0.25) is 15.1 Å². The molecule has 5 heteroatoms. The molecule has 0 aliphatic heterocycles. The van der Waals surface area contributed by atoms with Crippen molar-refractivity contribution in [2.24, 2.45) is 0 Å². The lowest BCUT2D eigenvalue weighted by Crippen LogP contribution is -1.91. The standard InChI is InChI=1S/C12H10N2O3/c1-9-12(3-2-8-13-9)17-11-6-4-10(5-7-11)14(15)16/h2-8H,1H3. The summed E-state index contributed by atoms with van der Waals surface area (Å²) >= 11 is 0. The van der Waals surface area contributed by atoms with Gasteiger partial charge in [0.2, 0.25) is 0 Å². The summed E-state index contributed by atoms with van der Waals surface area (Å²) in [6, 6.07) is 9.49. The molecule has 5 nitrogen and oxygen atoms in total. The molecular weight excluding hydrogens is 220 g/mol. The Labute approximate surface area is 97.8 Å². The van der Waals surface area contributed by atoms with Gasteiger partial charge < -0.3 is 4.74 Å². The number of aromatic nitrogens is 1. The summed E-state index contributed by atoms with van der Waals surface area (Å²) in [5, 5.41) is 10.5. The van der Waals surface area contributed by atoms with E-state index in [0.717, 1.165) is 5.69 Å². The third-order valence-electron chi connectivity index (χ3n) is 2.23. The Kier molecular flexibility index (Phi) is 3.00. The van der Waals surface area contributed by atoms with Crippen molar-refractivity contribution in [3.05, 3.63) is 58.4 Å². The molecule has 0 fully saturated rings. The predicted molar refractivity (Wildman–Crippen MR) is 62.1 cm³/mol. The topological polar surface area (TPSA) is 65.3 Å². The maximum Gasteiger partial charge on any atom is 0.269 e. The summed E-state index contributed by atoms with van der Waals surface area (Å²) in [5.74, 6) is 1.19. The van der Waals surface area contributed by atoms with E-state index in [1.54, 1.807) is 30.5 Å². The summed E-state index contributed by atoms with van der Waals surface area (Å²) in [6.45, 7) is 1.83. The molecule has 2 rings (SSSR count). The highest BCUT2D eigenvalue weighted by atomic mass is 16.6. The molecule has 0 radical (unpaired) electrons. The van der Waals surface area contributed by atoms with E-state index < -0.39 is 4.92 Å². The maximum atomic E-state index is 10.5. The van der Waals surface area contributed by atoms with Crippen LogP contribution in [0.2, 0.25) is 0 Å². The minimum Gasteiger partial charge on any atom is -0.455 e. The van der Waals surface area contributed by atoms with Gasteiger partial charge in [-0.25, -0.2) is 0 Å². The lowest BCUT2D eigenvalue weighted by atomic mass is 10.3. The van der Waals surface area contributed by atoms with Gasteiger partial charge in [0.05, 0.1) is 10.6 Å². The number of nitrogens with zero attached hydrogens (tertiary/aromatic N) is 2. The van der Waals surface area contributed by atoms with Gasteiger partial charge in [-0.15, -0.1) is 0 Å². The van der Waals surface area contributed by atoms with E-state index in [1.807, 2.05) is 6.92 Å². The van der Waals surface area contributed by atoms with E-state index in [4.69, 9.17) is 4.74 Å². The fraction of sp³-hybridized carbons (Fsp3) is 0.0833. The zero-order valence-electron chi connectivity index (χ0n) is 9.16. The van der Waals surface area contributed by atoms with Gasteiger partial charge in [0.15, 0.2) is 0 Å². The van der Waals surface area contributed by atoms with Gasteiger partial charge in [0.25, 0.3) is 5.69 Å². The molecule has 1 aromatic carbocycles. The monoisotopic (exact) mass is 230 g/mol. The van der Waals surface area contributed by atoms with Gasteiger partial charge in [-0.1, -0.05) is 0 Å².